The first-order chi connectivity index (χ1) is 8.45. The van der Waals surface area contributed by atoms with Gasteiger partial charge in [-0.15, -0.1) is 6.58 Å². The van der Waals surface area contributed by atoms with Crippen LogP contribution in [0.1, 0.15) is 19.4 Å². The van der Waals surface area contributed by atoms with Gasteiger partial charge in [0.25, 0.3) is 0 Å². The first-order valence-electron chi connectivity index (χ1n) is 6.46. The van der Waals surface area contributed by atoms with Crippen LogP contribution in [0.5, 0.6) is 0 Å². The van der Waals surface area contributed by atoms with Gasteiger partial charge in [-0.3, -0.25) is 0 Å². The molecule has 3 atom stereocenters. The molecule has 0 aliphatic heterocycles. The Balaban J connectivity index is 2.11. The van der Waals surface area contributed by atoms with Gasteiger partial charge in [-0.05, 0) is 18.3 Å². The zero-order valence-electron chi connectivity index (χ0n) is 11.6. The highest BCUT2D eigenvalue weighted by atomic mass is 16.5. The molecule has 1 aromatic carbocycles. The van der Waals surface area contributed by atoms with E-state index in [0.717, 1.165) is 0 Å². The fourth-order valence-electron chi connectivity index (χ4n) is 2.69. The lowest BCUT2D eigenvalue weighted by Crippen LogP contribution is -2.36. The van der Waals surface area contributed by atoms with E-state index < -0.39 is 0 Å². The summed E-state index contributed by atoms with van der Waals surface area (Å²) in [7, 11) is 2.20. The summed E-state index contributed by atoms with van der Waals surface area (Å²) in [5.74, 6) is 0.497. The smallest absolute Gasteiger partial charge is 0.111 e. The zero-order valence-corrected chi connectivity index (χ0v) is 11.6. The van der Waals surface area contributed by atoms with Crippen molar-refractivity contribution in [3.63, 3.8) is 0 Å². The molecule has 1 aliphatic carbocycles. The van der Waals surface area contributed by atoms with Crippen molar-refractivity contribution in [2.24, 2.45) is 5.41 Å². The molecular formula is C16H21BO. The molecular weight excluding hydrogens is 219 g/mol. The van der Waals surface area contributed by atoms with Crippen LogP contribution >= 0.6 is 0 Å². The molecule has 1 aliphatic rings. The molecule has 1 saturated carbocycles. The highest BCUT2D eigenvalue weighted by Gasteiger charge is 2.61. The largest absolute Gasteiger partial charge is 0.366 e. The normalized spacial score (nSPS) is 29.7. The maximum absolute atomic E-state index is 6.15. The summed E-state index contributed by atoms with van der Waals surface area (Å²) in [6.07, 6.45) is 1.92. The quantitative estimate of drug-likeness (QED) is 0.567. The predicted octanol–water partition coefficient (Wildman–Crippen LogP) is 3.15. The molecule has 2 rings (SSSR count). The predicted molar refractivity (Wildman–Crippen MR) is 79.4 cm³/mol. The maximum Gasteiger partial charge on any atom is 0.111 e. The van der Waals surface area contributed by atoms with E-state index in [1.807, 2.05) is 24.3 Å². The van der Waals surface area contributed by atoms with E-state index in [1.165, 1.54) is 11.1 Å². The molecule has 0 spiro atoms. The summed E-state index contributed by atoms with van der Waals surface area (Å²) in [5, 5.41) is 0. The Labute approximate surface area is 111 Å². The van der Waals surface area contributed by atoms with Crippen molar-refractivity contribution in [3.8, 4) is 0 Å². The van der Waals surface area contributed by atoms with Crippen molar-refractivity contribution in [1.29, 1.82) is 0 Å². The first-order valence-corrected chi connectivity index (χ1v) is 6.46. The van der Waals surface area contributed by atoms with Gasteiger partial charge in [-0.2, -0.15) is 0 Å². The molecule has 0 amide bonds. The van der Waals surface area contributed by atoms with Crippen LogP contribution in [0.2, 0.25) is 5.82 Å². The fraction of sp³-hybridized carbons (Fsp3) is 0.375. The van der Waals surface area contributed by atoms with Crippen LogP contribution in [0.4, 0.5) is 0 Å². The SMILES string of the molecule is BC1C(=C)[C@@]1(C)C(C)(C=C)OCc1ccccc1. The van der Waals surface area contributed by atoms with Gasteiger partial charge in [0.1, 0.15) is 7.85 Å². The van der Waals surface area contributed by atoms with Crippen molar-refractivity contribution >= 4 is 7.85 Å². The van der Waals surface area contributed by atoms with Gasteiger partial charge in [-0.25, -0.2) is 0 Å². The Bertz CT molecular complexity index is 467. The van der Waals surface area contributed by atoms with Gasteiger partial charge in [0.05, 0.1) is 12.2 Å². The lowest BCUT2D eigenvalue weighted by molar-refractivity contribution is -0.0483. The van der Waals surface area contributed by atoms with Gasteiger partial charge >= 0.3 is 0 Å². The monoisotopic (exact) mass is 240 g/mol. The summed E-state index contributed by atoms with van der Waals surface area (Å²) in [6, 6.07) is 10.2. The third-order valence-electron chi connectivity index (χ3n) is 4.77. The number of ether oxygens (including phenoxy) is 1. The van der Waals surface area contributed by atoms with Crippen molar-refractivity contribution < 1.29 is 4.74 Å². The summed E-state index contributed by atoms with van der Waals surface area (Å²) in [6.45, 7) is 13.0. The molecule has 1 fully saturated rings. The molecule has 1 aromatic rings. The first kappa shape index (κ1) is 13.2. The topological polar surface area (TPSA) is 9.23 Å². The van der Waals surface area contributed by atoms with Gasteiger partial charge < -0.3 is 4.74 Å². The molecule has 0 radical (unpaired) electrons. The van der Waals surface area contributed by atoms with Gasteiger partial charge in [-0.1, -0.05) is 55.5 Å². The van der Waals surface area contributed by atoms with Gasteiger partial charge in [0.15, 0.2) is 0 Å². The highest BCUT2D eigenvalue weighted by Crippen LogP contribution is 2.67. The lowest BCUT2D eigenvalue weighted by Gasteiger charge is -2.34. The second-order valence-corrected chi connectivity index (χ2v) is 5.53. The molecule has 1 nitrogen and oxygen atoms in total. The van der Waals surface area contributed by atoms with Crippen LogP contribution in [-0.4, -0.2) is 13.4 Å². The van der Waals surface area contributed by atoms with Crippen LogP contribution < -0.4 is 0 Å². The summed E-state index contributed by atoms with van der Waals surface area (Å²) < 4.78 is 6.15. The van der Waals surface area contributed by atoms with Crippen LogP contribution in [0.25, 0.3) is 0 Å². The van der Waals surface area contributed by atoms with Crippen molar-refractivity contribution in [2.45, 2.75) is 31.9 Å². The average molecular weight is 240 g/mol. The molecule has 0 aromatic heterocycles. The van der Waals surface area contributed by atoms with Crippen molar-refractivity contribution in [1.82, 2.24) is 0 Å². The second kappa shape index (κ2) is 4.44. The Hall–Kier alpha value is -1.28. The molecule has 0 saturated heterocycles. The summed E-state index contributed by atoms with van der Waals surface area (Å²) in [5.41, 5.74) is 2.12. The maximum atomic E-state index is 6.15. The average Bonchev–Trinajstić information content (AvgIpc) is 2.90. The molecule has 18 heavy (non-hydrogen) atoms. The minimum Gasteiger partial charge on any atom is -0.366 e. The molecule has 0 heterocycles. The fourth-order valence-corrected chi connectivity index (χ4v) is 2.69. The van der Waals surface area contributed by atoms with E-state index >= 15 is 0 Å². The third-order valence-corrected chi connectivity index (χ3v) is 4.77. The van der Waals surface area contributed by atoms with Crippen molar-refractivity contribution in [2.75, 3.05) is 0 Å². The van der Waals surface area contributed by atoms with Crippen LogP contribution in [0, 0.1) is 5.41 Å². The van der Waals surface area contributed by atoms with E-state index in [-0.39, 0.29) is 11.0 Å². The lowest BCUT2D eigenvalue weighted by atomic mass is 9.80. The number of hydrogen-bond donors (Lipinski definition) is 0. The molecule has 0 N–H and O–H groups in total. The van der Waals surface area contributed by atoms with E-state index in [4.69, 9.17) is 4.74 Å². The van der Waals surface area contributed by atoms with Gasteiger partial charge in [0.2, 0.25) is 0 Å². The number of hydrogen-bond acceptors (Lipinski definition) is 1. The summed E-state index contributed by atoms with van der Waals surface area (Å²) in [4.78, 5) is 0. The Kier molecular flexibility index (Phi) is 3.24. The van der Waals surface area contributed by atoms with Crippen molar-refractivity contribution in [3.05, 3.63) is 60.7 Å². The molecule has 2 unspecified atom stereocenters. The Morgan fingerprint density at radius 2 is 2.00 bits per heavy atom. The number of benzene rings is 1. The van der Waals surface area contributed by atoms with E-state index in [9.17, 15) is 0 Å². The number of rotatable bonds is 5. The van der Waals surface area contributed by atoms with Gasteiger partial charge in [0, 0.05) is 5.41 Å². The minimum absolute atomic E-state index is 0.0174. The highest BCUT2D eigenvalue weighted by molar-refractivity contribution is 6.18. The van der Waals surface area contributed by atoms with Crippen LogP contribution in [0.3, 0.4) is 0 Å². The Morgan fingerprint density at radius 1 is 1.44 bits per heavy atom. The summed E-state index contributed by atoms with van der Waals surface area (Å²) >= 11 is 0. The third kappa shape index (κ3) is 1.85. The van der Waals surface area contributed by atoms with E-state index in [2.05, 4.69) is 47.0 Å². The molecule has 0 bridgehead atoms. The Morgan fingerprint density at radius 3 is 2.44 bits per heavy atom. The molecule has 2 heteroatoms. The van der Waals surface area contributed by atoms with E-state index in [1.54, 1.807) is 0 Å². The second-order valence-electron chi connectivity index (χ2n) is 5.53. The standard InChI is InChI=1S/C16H21BO/c1-5-15(3,16(4)12(2)14(16)17)18-11-13-9-7-6-8-10-13/h5-10,14H,1-2,11,17H2,3-4H3/t14?,15?,16-/m1/s1. The zero-order chi connectivity index (χ0) is 13.4. The van der Waals surface area contributed by atoms with Crippen LogP contribution in [-0.2, 0) is 11.3 Å². The molecule has 94 valence electrons. The minimum atomic E-state index is -0.348. The van der Waals surface area contributed by atoms with E-state index in [0.29, 0.717) is 12.4 Å². The van der Waals surface area contributed by atoms with Crippen LogP contribution in [0.15, 0.2) is 55.1 Å².